The van der Waals surface area contributed by atoms with Crippen LogP contribution in [0.25, 0.3) is 5.76 Å². The van der Waals surface area contributed by atoms with Crippen molar-refractivity contribution in [3.8, 4) is 0 Å². The number of rotatable bonds is 9. The molecule has 0 aliphatic rings. The maximum Gasteiger partial charge on any atom is 0.362 e. The Balaban J connectivity index is 2.60. The van der Waals surface area contributed by atoms with E-state index in [1.165, 1.54) is 0 Å². The van der Waals surface area contributed by atoms with Crippen molar-refractivity contribution < 1.29 is 33.7 Å². The molecule has 1 heterocycles. The van der Waals surface area contributed by atoms with Gasteiger partial charge in [-0.3, -0.25) is 0 Å². The lowest BCUT2D eigenvalue weighted by Crippen LogP contribution is -2.09. The largest absolute Gasteiger partial charge is 0.505 e. The maximum atomic E-state index is 12.5. The average Bonchev–Trinajstić information content (AvgIpc) is 3.11. The number of azo groups is 1. The summed E-state index contributed by atoms with van der Waals surface area (Å²) in [7, 11) is 0. The summed E-state index contributed by atoms with van der Waals surface area (Å²) in [5.41, 5.74) is 0.243. The summed E-state index contributed by atoms with van der Waals surface area (Å²) in [4.78, 5) is 37.3. The third-order valence-electron chi connectivity index (χ3n) is 4.05. The van der Waals surface area contributed by atoms with Crippen molar-refractivity contribution in [2.45, 2.75) is 27.7 Å². The SMILES string of the molecule is CCOC(=O)C(N=Nc1sc(C(=O)OCC)c(C)c1C(=O)OCC)=C(O)c1ccccc1. The van der Waals surface area contributed by atoms with E-state index in [0.717, 1.165) is 11.3 Å². The van der Waals surface area contributed by atoms with Gasteiger partial charge in [0.2, 0.25) is 5.70 Å². The highest BCUT2D eigenvalue weighted by Crippen LogP contribution is 2.37. The minimum Gasteiger partial charge on any atom is -0.505 e. The van der Waals surface area contributed by atoms with E-state index in [1.807, 2.05) is 0 Å². The number of thiophene rings is 1. The molecule has 0 aliphatic heterocycles. The molecule has 0 aliphatic carbocycles. The van der Waals surface area contributed by atoms with Gasteiger partial charge in [0.15, 0.2) is 10.8 Å². The van der Waals surface area contributed by atoms with Crippen molar-refractivity contribution in [2.24, 2.45) is 10.2 Å². The molecule has 0 saturated carbocycles. The van der Waals surface area contributed by atoms with E-state index in [2.05, 4.69) is 10.2 Å². The number of aliphatic hydroxyl groups excluding tert-OH is 1. The molecule has 9 nitrogen and oxygen atoms in total. The van der Waals surface area contributed by atoms with Gasteiger partial charge in [-0.15, -0.1) is 21.6 Å². The first-order chi connectivity index (χ1) is 15.3. The fraction of sp³-hybridized carbons (Fsp3) is 0.318. The van der Waals surface area contributed by atoms with Crippen LogP contribution in [-0.4, -0.2) is 42.8 Å². The van der Waals surface area contributed by atoms with Crippen LogP contribution in [0.15, 0.2) is 46.3 Å². The molecule has 0 radical (unpaired) electrons. The molecule has 0 spiro atoms. The number of hydrogen-bond acceptors (Lipinski definition) is 10. The third-order valence-corrected chi connectivity index (χ3v) is 5.21. The van der Waals surface area contributed by atoms with Crippen LogP contribution in [0.1, 0.15) is 51.9 Å². The van der Waals surface area contributed by atoms with Crippen LogP contribution in [0.4, 0.5) is 5.00 Å². The Labute approximate surface area is 189 Å². The maximum absolute atomic E-state index is 12.5. The predicted octanol–water partition coefficient (Wildman–Crippen LogP) is 4.98. The van der Waals surface area contributed by atoms with Gasteiger partial charge in [-0.2, -0.15) is 0 Å². The average molecular weight is 461 g/mol. The number of benzene rings is 1. The fourth-order valence-corrected chi connectivity index (χ4v) is 3.63. The predicted molar refractivity (Wildman–Crippen MR) is 118 cm³/mol. The molecule has 0 atom stereocenters. The highest BCUT2D eigenvalue weighted by Gasteiger charge is 2.27. The molecule has 2 rings (SSSR count). The number of carbonyl (C=O) groups is 3. The van der Waals surface area contributed by atoms with E-state index >= 15 is 0 Å². The lowest BCUT2D eigenvalue weighted by molar-refractivity contribution is -0.138. The lowest BCUT2D eigenvalue weighted by atomic mass is 10.1. The third kappa shape index (κ3) is 5.79. The van der Waals surface area contributed by atoms with Gasteiger partial charge in [0, 0.05) is 5.56 Å². The van der Waals surface area contributed by atoms with Gasteiger partial charge in [0.1, 0.15) is 10.4 Å². The zero-order valence-electron chi connectivity index (χ0n) is 18.2. The molecule has 0 amide bonds. The van der Waals surface area contributed by atoms with Crippen LogP contribution < -0.4 is 0 Å². The molecular weight excluding hydrogens is 436 g/mol. The Morgan fingerprint density at radius 3 is 2.12 bits per heavy atom. The zero-order chi connectivity index (χ0) is 23.7. The number of esters is 3. The first-order valence-corrected chi connectivity index (χ1v) is 10.7. The van der Waals surface area contributed by atoms with E-state index in [-0.39, 0.29) is 35.3 Å². The minimum atomic E-state index is -0.894. The van der Waals surface area contributed by atoms with Crippen molar-refractivity contribution >= 4 is 40.0 Å². The monoisotopic (exact) mass is 460 g/mol. The summed E-state index contributed by atoms with van der Waals surface area (Å²) in [5, 5.41) is 18.5. The number of nitrogens with zero attached hydrogens (tertiary/aromatic N) is 2. The Kier molecular flexibility index (Phi) is 9.08. The highest BCUT2D eigenvalue weighted by atomic mass is 32.1. The van der Waals surface area contributed by atoms with Crippen LogP contribution in [0.2, 0.25) is 0 Å². The number of hydrogen-bond donors (Lipinski definition) is 1. The first kappa shape index (κ1) is 24.7. The number of ether oxygens (including phenoxy) is 3. The molecule has 1 N–H and O–H groups in total. The van der Waals surface area contributed by atoms with E-state index in [4.69, 9.17) is 14.2 Å². The Morgan fingerprint density at radius 1 is 0.938 bits per heavy atom. The van der Waals surface area contributed by atoms with Gasteiger partial charge in [-0.25, -0.2) is 14.4 Å². The van der Waals surface area contributed by atoms with Gasteiger partial charge < -0.3 is 19.3 Å². The van der Waals surface area contributed by atoms with Crippen LogP contribution >= 0.6 is 11.3 Å². The topological polar surface area (TPSA) is 124 Å². The number of aliphatic hydroxyl groups is 1. The Hall–Kier alpha value is -3.53. The molecule has 10 heteroatoms. The summed E-state index contributed by atoms with van der Waals surface area (Å²) in [6.07, 6.45) is 0. The van der Waals surface area contributed by atoms with Crippen LogP contribution in [-0.2, 0) is 19.0 Å². The Bertz CT molecular complexity index is 1040. The van der Waals surface area contributed by atoms with Crippen molar-refractivity contribution in [3.63, 3.8) is 0 Å². The molecule has 170 valence electrons. The molecule has 32 heavy (non-hydrogen) atoms. The normalized spacial score (nSPS) is 11.8. The van der Waals surface area contributed by atoms with Gasteiger partial charge in [0.05, 0.1) is 19.8 Å². The molecule has 0 saturated heterocycles. The zero-order valence-corrected chi connectivity index (χ0v) is 19.0. The fourth-order valence-electron chi connectivity index (χ4n) is 2.62. The molecular formula is C22H24N2O7S. The van der Waals surface area contributed by atoms with Crippen molar-refractivity contribution in [1.82, 2.24) is 0 Å². The van der Waals surface area contributed by atoms with Crippen LogP contribution in [0, 0.1) is 6.92 Å². The summed E-state index contributed by atoms with van der Waals surface area (Å²) in [6, 6.07) is 8.28. The summed E-state index contributed by atoms with van der Waals surface area (Å²) in [5.74, 6) is -2.64. The molecule has 1 aromatic carbocycles. The molecule has 1 aromatic heterocycles. The second kappa shape index (κ2) is 11.8. The molecule has 0 fully saturated rings. The first-order valence-electron chi connectivity index (χ1n) is 9.90. The smallest absolute Gasteiger partial charge is 0.362 e. The van der Waals surface area contributed by atoms with E-state index in [0.29, 0.717) is 11.1 Å². The van der Waals surface area contributed by atoms with Crippen LogP contribution in [0.3, 0.4) is 0 Å². The van der Waals surface area contributed by atoms with Crippen LogP contribution in [0.5, 0.6) is 0 Å². The lowest BCUT2D eigenvalue weighted by Gasteiger charge is -2.06. The summed E-state index contributed by atoms with van der Waals surface area (Å²) < 4.78 is 15.1. The van der Waals surface area contributed by atoms with Gasteiger partial charge in [0.25, 0.3) is 0 Å². The quantitative estimate of drug-likeness (QED) is 0.184. The molecule has 2 aromatic rings. The molecule has 0 unspecified atom stereocenters. The highest BCUT2D eigenvalue weighted by molar-refractivity contribution is 7.18. The van der Waals surface area contributed by atoms with Crippen molar-refractivity contribution in [1.29, 1.82) is 0 Å². The van der Waals surface area contributed by atoms with Gasteiger partial charge in [-0.1, -0.05) is 30.3 Å². The van der Waals surface area contributed by atoms with Gasteiger partial charge in [-0.05, 0) is 33.3 Å². The van der Waals surface area contributed by atoms with E-state index in [9.17, 15) is 19.5 Å². The van der Waals surface area contributed by atoms with Crippen molar-refractivity contribution in [3.05, 3.63) is 57.6 Å². The van der Waals surface area contributed by atoms with E-state index in [1.54, 1.807) is 58.0 Å². The number of carbonyl (C=O) groups excluding carboxylic acids is 3. The van der Waals surface area contributed by atoms with E-state index < -0.39 is 29.4 Å². The van der Waals surface area contributed by atoms with Crippen molar-refractivity contribution in [2.75, 3.05) is 19.8 Å². The standard InChI is InChI=1S/C22H24N2O7S/c1-5-29-20(26)15-13(4)18(22(28)31-7-3)32-19(15)24-23-16(21(27)30-6-2)17(25)14-11-9-8-10-12-14/h8-12,25H,5-7H2,1-4H3. The summed E-state index contributed by atoms with van der Waals surface area (Å²) >= 11 is 0.871. The second-order valence-corrected chi connectivity index (χ2v) is 7.16. The molecule has 0 bridgehead atoms. The second-order valence-electron chi connectivity index (χ2n) is 6.16. The minimum absolute atomic E-state index is 0.0334. The Morgan fingerprint density at radius 2 is 1.53 bits per heavy atom. The summed E-state index contributed by atoms with van der Waals surface area (Å²) in [6.45, 7) is 6.81. The van der Waals surface area contributed by atoms with Gasteiger partial charge >= 0.3 is 17.9 Å².